The normalized spacial score (nSPS) is 15.8. The molecule has 272 valence electrons. The number of benzene rings is 7. The summed E-state index contributed by atoms with van der Waals surface area (Å²) in [6, 6.07) is 68.1. The van der Waals surface area contributed by atoms with Gasteiger partial charge in [-0.2, -0.15) is 0 Å². The average Bonchev–Trinajstić information content (AvgIpc) is 4.01. The number of anilines is 2. The summed E-state index contributed by atoms with van der Waals surface area (Å²) >= 11 is 0. The third-order valence-electron chi connectivity index (χ3n) is 12.6. The Bertz CT molecular complexity index is 3480. The summed E-state index contributed by atoms with van der Waals surface area (Å²) in [4.78, 5) is 8.20. The van der Waals surface area contributed by atoms with Crippen LogP contribution in [0.4, 0.5) is 11.4 Å². The van der Waals surface area contributed by atoms with Crippen LogP contribution in [0.2, 0.25) is 0 Å². The summed E-state index contributed by atoms with van der Waals surface area (Å²) in [5.74, 6) is 1.97. The van der Waals surface area contributed by atoms with Crippen molar-refractivity contribution in [1.82, 2.24) is 18.7 Å². The first kappa shape index (κ1) is 31.6. The highest BCUT2D eigenvalue weighted by Gasteiger charge is 2.44. The first-order chi connectivity index (χ1) is 28.8. The fraction of sp³-hybridized carbons (Fsp3) is 0.0377. The zero-order valence-corrected chi connectivity index (χ0v) is 31.4. The molecule has 0 spiro atoms. The Hall–Kier alpha value is -7.63. The molecule has 13 rings (SSSR count). The first-order valence-corrected chi connectivity index (χ1v) is 20.1. The Kier molecular flexibility index (Phi) is 6.50. The van der Waals surface area contributed by atoms with Gasteiger partial charge in [-0.15, -0.1) is 0 Å². The van der Waals surface area contributed by atoms with Gasteiger partial charge in [-0.3, -0.25) is 9.13 Å². The van der Waals surface area contributed by atoms with Gasteiger partial charge >= 0.3 is 0 Å². The van der Waals surface area contributed by atoms with E-state index >= 15 is 0 Å². The molecule has 2 aliphatic rings. The predicted octanol–water partition coefficient (Wildman–Crippen LogP) is 13.2. The average molecular weight is 742 g/mol. The van der Waals surface area contributed by atoms with E-state index in [-0.39, 0.29) is 12.0 Å². The Morgan fingerprint density at radius 2 is 0.948 bits per heavy atom. The summed E-state index contributed by atoms with van der Waals surface area (Å²) in [5.41, 5.74) is 13.2. The molecule has 0 fully saturated rings. The van der Waals surface area contributed by atoms with Crippen LogP contribution in [0.5, 0.6) is 0 Å². The molecule has 2 atom stereocenters. The molecule has 5 heterocycles. The number of aromatic nitrogens is 4. The third-order valence-corrected chi connectivity index (χ3v) is 12.6. The highest BCUT2D eigenvalue weighted by molar-refractivity contribution is 6.19. The van der Waals surface area contributed by atoms with Crippen molar-refractivity contribution >= 4 is 72.0 Å². The highest BCUT2D eigenvalue weighted by Crippen LogP contribution is 2.57. The van der Waals surface area contributed by atoms with Crippen LogP contribution in [-0.2, 0) is 0 Å². The number of pyridine rings is 1. The minimum atomic E-state index is 0.0408. The molecule has 58 heavy (non-hydrogen) atoms. The summed E-state index contributed by atoms with van der Waals surface area (Å²) in [5, 5.41) is 6.14. The molecule has 0 bridgehead atoms. The van der Waals surface area contributed by atoms with Gasteiger partial charge < -0.3 is 9.47 Å². The fourth-order valence-electron chi connectivity index (χ4n) is 10.3. The van der Waals surface area contributed by atoms with Gasteiger partial charge in [-0.1, -0.05) is 127 Å². The monoisotopic (exact) mass is 741 g/mol. The second-order valence-electron chi connectivity index (χ2n) is 15.5. The van der Waals surface area contributed by atoms with Gasteiger partial charge in [-0.05, 0) is 78.4 Å². The van der Waals surface area contributed by atoms with E-state index in [9.17, 15) is 0 Å². The van der Waals surface area contributed by atoms with Crippen molar-refractivity contribution in [2.24, 2.45) is 0 Å². The van der Waals surface area contributed by atoms with Crippen molar-refractivity contribution in [3.05, 3.63) is 211 Å². The number of para-hydroxylation sites is 6. The molecule has 1 aliphatic heterocycles. The zero-order chi connectivity index (χ0) is 37.9. The molecule has 0 amide bonds. The molecule has 0 N–H and O–H groups in total. The number of rotatable bonds is 4. The molecule has 5 nitrogen and oxygen atoms in total. The van der Waals surface area contributed by atoms with Crippen LogP contribution in [0.3, 0.4) is 0 Å². The van der Waals surface area contributed by atoms with Crippen LogP contribution < -0.4 is 4.90 Å². The highest BCUT2D eigenvalue weighted by atomic mass is 15.2. The van der Waals surface area contributed by atoms with Gasteiger partial charge in [0.2, 0.25) is 0 Å². The van der Waals surface area contributed by atoms with Crippen LogP contribution in [0.25, 0.3) is 77.9 Å². The number of hydrogen-bond acceptors (Lipinski definition) is 2. The lowest BCUT2D eigenvalue weighted by atomic mass is 9.86. The lowest BCUT2D eigenvalue weighted by molar-refractivity contribution is 0.634. The standard InChI is InChI=1S/C53H35N5/c1-3-16-34(17-4-1)55-44-24-11-9-22-38(44)42-32-43-39-23-10-13-26-46(39)57(49(43)33-48(42)55)50-28-15-29-51(54-50)58-47-27-14-8-21-37(47)41-31-30-40-36-20-7-12-25-45(36)56(52(40)53(41)58)35-18-5-2-6-19-35/h1-33,40,52H. The van der Waals surface area contributed by atoms with Crippen LogP contribution in [0.1, 0.15) is 28.8 Å². The van der Waals surface area contributed by atoms with Crippen molar-refractivity contribution in [2.45, 2.75) is 12.0 Å². The van der Waals surface area contributed by atoms with Gasteiger partial charge in [0, 0.05) is 55.5 Å². The second kappa shape index (κ2) is 11.9. The number of hydrogen-bond donors (Lipinski definition) is 0. The quantitative estimate of drug-likeness (QED) is 0.180. The van der Waals surface area contributed by atoms with E-state index in [4.69, 9.17) is 4.98 Å². The lowest BCUT2D eigenvalue weighted by Gasteiger charge is -2.33. The SMILES string of the molecule is C1=CC2c3ccccc3N(c3ccccc3)C2c2c1c1ccccc1n2-c1cccc(-n2c3ccccc3c3cc4c5ccccc5n(-c5ccccc5)c4cc32)n1. The third kappa shape index (κ3) is 4.27. The molecule has 1 aliphatic carbocycles. The maximum absolute atomic E-state index is 5.66. The number of fused-ring (bicyclic) bond motifs is 13. The predicted molar refractivity (Wildman–Crippen MR) is 239 cm³/mol. The summed E-state index contributed by atoms with van der Waals surface area (Å²) in [6.45, 7) is 0. The van der Waals surface area contributed by atoms with Gasteiger partial charge in [0.25, 0.3) is 0 Å². The van der Waals surface area contributed by atoms with Crippen LogP contribution in [-0.4, -0.2) is 18.7 Å². The van der Waals surface area contributed by atoms with E-state index in [0.29, 0.717) is 0 Å². The summed E-state index contributed by atoms with van der Waals surface area (Å²) in [6.07, 6.45) is 4.78. The topological polar surface area (TPSA) is 30.9 Å². The Labute approximate surface area is 334 Å². The van der Waals surface area contributed by atoms with E-state index < -0.39 is 0 Å². The molecule has 0 radical (unpaired) electrons. The Morgan fingerprint density at radius 1 is 0.397 bits per heavy atom. The van der Waals surface area contributed by atoms with E-state index in [2.05, 4.69) is 219 Å². The van der Waals surface area contributed by atoms with Crippen molar-refractivity contribution in [2.75, 3.05) is 4.90 Å². The molecular formula is C53H35N5. The second-order valence-corrected chi connectivity index (χ2v) is 15.5. The minimum absolute atomic E-state index is 0.0408. The minimum Gasteiger partial charge on any atom is -0.331 e. The molecule has 4 aromatic heterocycles. The van der Waals surface area contributed by atoms with E-state index in [1.54, 1.807) is 0 Å². The number of nitrogens with zero attached hydrogens (tertiary/aromatic N) is 5. The molecular weight excluding hydrogens is 707 g/mol. The van der Waals surface area contributed by atoms with E-state index in [1.165, 1.54) is 66.2 Å². The van der Waals surface area contributed by atoms with Gasteiger partial charge in [0.15, 0.2) is 0 Å². The molecule has 5 heteroatoms. The summed E-state index contributed by atoms with van der Waals surface area (Å²) in [7, 11) is 0. The van der Waals surface area contributed by atoms with Crippen molar-refractivity contribution in [3.8, 4) is 17.3 Å². The maximum atomic E-state index is 5.66. The largest absolute Gasteiger partial charge is 0.331 e. The molecule has 0 saturated heterocycles. The van der Waals surface area contributed by atoms with Crippen LogP contribution >= 0.6 is 0 Å². The van der Waals surface area contributed by atoms with E-state index in [1.807, 2.05) is 0 Å². The van der Waals surface area contributed by atoms with Gasteiger partial charge in [-0.25, -0.2) is 4.98 Å². The van der Waals surface area contributed by atoms with Crippen molar-refractivity contribution < 1.29 is 0 Å². The fourth-order valence-corrected chi connectivity index (χ4v) is 10.3. The van der Waals surface area contributed by atoms with Crippen LogP contribution in [0.15, 0.2) is 194 Å². The van der Waals surface area contributed by atoms with Crippen molar-refractivity contribution in [1.29, 1.82) is 0 Å². The van der Waals surface area contributed by atoms with Gasteiger partial charge in [0.1, 0.15) is 11.6 Å². The molecule has 2 unspecified atom stereocenters. The smallest absolute Gasteiger partial charge is 0.140 e. The van der Waals surface area contributed by atoms with Gasteiger partial charge in [0.05, 0.1) is 39.3 Å². The first-order valence-electron chi connectivity index (χ1n) is 20.1. The zero-order valence-electron chi connectivity index (χ0n) is 31.4. The Balaban J connectivity index is 1.07. The van der Waals surface area contributed by atoms with Crippen molar-refractivity contribution in [3.63, 3.8) is 0 Å². The molecule has 7 aromatic carbocycles. The summed E-state index contributed by atoms with van der Waals surface area (Å²) < 4.78 is 7.20. The van der Waals surface area contributed by atoms with Crippen LogP contribution in [0, 0.1) is 0 Å². The molecule has 0 saturated carbocycles. The lowest BCUT2D eigenvalue weighted by Crippen LogP contribution is -2.26. The molecule has 11 aromatic rings. The maximum Gasteiger partial charge on any atom is 0.140 e. The Morgan fingerprint density at radius 3 is 1.67 bits per heavy atom. The van der Waals surface area contributed by atoms with E-state index in [0.717, 1.165) is 33.9 Å².